The second-order valence-corrected chi connectivity index (χ2v) is 9.15. The molecule has 0 saturated carbocycles. The van der Waals surface area contributed by atoms with Gasteiger partial charge >= 0.3 is 0 Å². The fourth-order valence-electron chi connectivity index (χ4n) is 4.34. The molecule has 0 spiro atoms. The van der Waals surface area contributed by atoms with E-state index in [0.717, 1.165) is 32.1 Å². The van der Waals surface area contributed by atoms with Gasteiger partial charge in [0.15, 0.2) is 17.3 Å². The van der Waals surface area contributed by atoms with Gasteiger partial charge in [-0.3, -0.25) is 4.79 Å². The molecular formula is C28H36O7. The standard InChI is InChI=1S/C28H36O7/c29-15-11-9-7-5-3-1-2-4-6-8-10-12-19-16-21-25(18-23(19)31)35-28(27(34)26(21)33)20-13-14-22(30)24(32)17-20/h13-14,16-18,29-32,34H,1-12,15H2. The first-order valence-corrected chi connectivity index (χ1v) is 12.6. The van der Waals surface area contributed by atoms with E-state index in [4.69, 9.17) is 9.52 Å². The van der Waals surface area contributed by atoms with Gasteiger partial charge in [-0.05, 0) is 49.1 Å². The van der Waals surface area contributed by atoms with Crippen LogP contribution < -0.4 is 5.43 Å². The SMILES string of the molecule is O=c1c(O)c(-c2ccc(O)c(O)c2)oc2cc(O)c(CCCCCCCCCCCCCO)cc12. The van der Waals surface area contributed by atoms with Crippen LogP contribution in [-0.2, 0) is 6.42 Å². The quantitative estimate of drug-likeness (QED) is 0.138. The zero-order chi connectivity index (χ0) is 25.2. The highest BCUT2D eigenvalue weighted by Gasteiger charge is 2.18. The van der Waals surface area contributed by atoms with Crippen LogP contribution in [0.25, 0.3) is 22.3 Å². The van der Waals surface area contributed by atoms with E-state index in [9.17, 15) is 25.2 Å². The highest BCUT2D eigenvalue weighted by molar-refractivity contribution is 5.84. The molecule has 0 aliphatic heterocycles. The molecule has 0 aliphatic carbocycles. The van der Waals surface area contributed by atoms with Crippen molar-refractivity contribution < 1.29 is 29.9 Å². The molecule has 3 rings (SSSR count). The predicted molar refractivity (Wildman–Crippen MR) is 136 cm³/mol. The fraction of sp³-hybridized carbons (Fsp3) is 0.464. The Kier molecular flexibility index (Phi) is 9.85. The van der Waals surface area contributed by atoms with Crippen molar-refractivity contribution in [1.29, 1.82) is 0 Å². The molecule has 35 heavy (non-hydrogen) atoms. The van der Waals surface area contributed by atoms with Crippen LogP contribution in [0.5, 0.6) is 23.0 Å². The zero-order valence-electron chi connectivity index (χ0n) is 20.1. The van der Waals surface area contributed by atoms with E-state index in [1.54, 1.807) is 6.07 Å². The van der Waals surface area contributed by atoms with Crippen molar-refractivity contribution in [1.82, 2.24) is 0 Å². The predicted octanol–water partition coefficient (Wildman–Crippen LogP) is 6.11. The van der Waals surface area contributed by atoms with Gasteiger partial charge in [-0.2, -0.15) is 0 Å². The van der Waals surface area contributed by atoms with Gasteiger partial charge in [0.1, 0.15) is 11.3 Å². The summed E-state index contributed by atoms with van der Waals surface area (Å²) in [5.41, 5.74) is 0.378. The van der Waals surface area contributed by atoms with E-state index in [2.05, 4.69) is 0 Å². The summed E-state index contributed by atoms with van der Waals surface area (Å²) in [6, 6.07) is 6.79. The average molecular weight is 485 g/mol. The number of rotatable bonds is 14. The Labute approximate surface area is 205 Å². The molecule has 0 atom stereocenters. The van der Waals surface area contributed by atoms with E-state index >= 15 is 0 Å². The molecule has 0 bridgehead atoms. The van der Waals surface area contributed by atoms with Crippen molar-refractivity contribution in [3.05, 3.63) is 46.1 Å². The minimum atomic E-state index is -0.619. The van der Waals surface area contributed by atoms with Gasteiger partial charge in [0.25, 0.3) is 0 Å². The maximum absolute atomic E-state index is 12.8. The van der Waals surface area contributed by atoms with Crippen LogP contribution in [0.3, 0.4) is 0 Å². The number of hydrogen-bond donors (Lipinski definition) is 5. The lowest BCUT2D eigenvalue weighted by molar-refractivity contribution is 0.282. The summed E-state index contributed by atoms with van der Waals surface area (Å²) in [6.45, 7) is 0.293. The van der Waals surface area contributed by atoms with Gasteiger partial charge in [-0.25, -0.2) is 0 Å². The first kappa shape index (κ1) is 26.4. The molecular weight excluding hydrogens is 448 g/mol. The summed E-state index contributed by atoms with van der Waals surface area (Å²) in [5, 5.41) is 49.1. The molecule has 0 aliphatic rings. The fourth-order valence-corrected chi connectivity index (χ4v) is 4.34. The molecule has 5 N–H and O–H groups in total. The van der Waals surface area contributed by atoms with Crippen LogP contribution >= 0.6 is 0 Å². The van der Waals surface area contributed by atoms with Gasteiger partial charge < -0.3 is 29.9 Å². The Balaban J connectivity index is 1.54. The third kappa shape index (κ3) is 7.15. The number of aryl methyl sites for hydroxylation is 1. The van der Waals surface area contributed by atoms with Gasteiger partial charge in [0, 0.05) is 18.2 Å². The van der Waals surface area contributed by atoms with Crippen molar-refractivity contribution in [3.8, 4) is 34.3 Å². The van der Waals surface area contributed by atoms with Gasteiger partial charge in [0.2, 0.25) is 11.2 Å². The van der Waals surface area contributed by atoms with Crippen LogP contribution in [0.4, 0.5) is 0 Å². The van der Waals surface area contributed by atoms with Crippen LogP contribution in [0.15, 0.2) is 39.5 Å². The van der Waals surface area contributed by atoms with Crippen molar-refractivity contribution in [3.63, 3.8) is 0 Å². The van der Waals surface area contributed by atoms with Crippen molar-refractivity contribution in [2.45, 2.75) is 77.0 Å². The van der Waals surface area contributed by atoms with E-state index in [1.807, 2.05) is 0 Å². The maximum atomic E-state index is 12.8. The van der Waals surface area contributed by atoms with Crippen molar-refractivity contribution in [2.24, 2.45) is 0 Å². The molecule has 7 nitrogen and oxygen atoms in total. The number of aliphatic hydroxyl groups excluding tert-OH is 1. The smallest absolute Gasteiger partial charge is 0.235 e. The summed E-state index contributed by atoms with van der Waals surface area (Å²) < 4.78 is 5.69. The molecule has 1 heterocycles. The largest absolute Gasteiger partial charge is 0.508 e. The molecule has 1 aromatic heterocycles. The Morgan fingerprint density at radius 2 is 1.26 bits per heavy atom. The number of aromatic hydroxyl groups is 4. The highest BCUT2D eigenvalue weighted by Crippen LogP contribution is 2.36. The van der Waals surface area contributed by atoms with E-state index in [1.165, 1.54) is 62.8 Å². The molecule has 0 radical (unpaired) electrons. The second-order valence-electron chi connectivity index (χ2n) is 9.15. The number of aliphatic hydroxyl groups is 1. The van der Waals surface area contributed by atoms with Gasteiger partial charge in [-0.1, -0.05) is 57.8 Å². The van der Waals surface area contributed by atoms with Crippen molar-refractivity contribution >= 4 is 11.0 Å². The maximum Gasteiger partial charge on any atom is 0.235 e. The highest BCUT2D eigenvalue weighted by atomic mass is 16.4. The van der Waals surface area contributed by atoms with Gasteiger partial charge in [0.05, 0.1) is 5.39 Å². The minimum absolute atomic E-state index is 0.0343. The average Bonchev–Trinajstić information content (AvgIpc) is 2.84. The Morgan fingerprint density at radius 1 is 0.657 bits per heavy atom. The number of unbranched alkanes of at least 4 members (excludes halogenated alkanes) is 10. The molecule has 3 aromatic rings. The third-order valence-electron chi connectivity index (χ3n) is 6.41. The number of benzene rings is 2. The summed E-state index contributed by atoms with van der Waals surface area (Å²) in [4.78, 5) is 12.8. The molecule has 0 amide bonds. The molecule has 0 saturated heterocycles. The summed E-state index contributed by atoms with van der Waals surface area (Å²) in [7, 11) is 0. The lowest BCUT2D eigenvalue weighted by Gasteiger charge is -2.10. The second kappa shape index (κ2) is 13.0. The van der Waals surface area contributed by atoms with E-state index < -0.39 is 16.9 Å². The number of phenolic OH excluding ortho intramolecular Hbond substituents is 3. The molecule has 2 aromatic carbocycles. The summed E-state index contributed by atoms with van der Waals surface area (Å²) >= 11 is 0. The first-order chi connectivity index (χ1) is 16.9. The summed E-state index contributed by atoms with van der Waals surface area (Å²) in [6.07, 6.45) is 13.1. The van der Waals surface area contributed by atoms with Gasteiger partial charge in [-0.15, -0.1) is 0 Å². The van der Waals surface area contributed by atoms with Crippen molar-refractivity contribution in [2.75, 3.05) is 6.61 Å². The molecule has 7 heteroatoms. The molecule has 0 fully saturated rings. The molecule has 0 unspecified atom stereocenters. The summed E-state index contributed by atoms with van der Waals surface area (Å²) in [5.74, 6) is -1.43. The van der Waals surface area contributed by atoms with E-state index in [0.29, 0.717) is 18.6 Å². The van der Waals surface area contributed by atoms with Crippen LogP contribution in [0.1, 0.15) is 76.2 Å². The Morgan fingerprint density at radius 3 is 1.86 bits per heavy atom. The zero-order valence-corrected chi connectivity index (χ0v) is 20.1. The monoisotopic (exact) mass is 484 g/mol. The normalized spacial score (nSPS) is 11.3. The number of phenols is 3. The Hall–Kier alpha value is -3.19. The number of fused-ring (bicyclic) bond motifs is 1. The van der Waals surface area contributed by atoms with E-state index in [-0.39, 0.29) is 33.8 Å². The molecule has 190 valence electrons. The minimum Gasteiger partial charge on any atom is -0.508 e. The first-order valence-electron chi connectivity index (χ1n) is 12.6. The van der Waals surface area contributed by atoms with Crippen LogP contribution in [0.2, 0.25) is 0 Å². The van der Waals surface area contributed by atoms with Crippen LogP contribution in [0, 0.1) is 0 Å². The lowest BCUT2D eigenvalue weighted by atomic mass is 10.0. The lowest BCUT2D eigenvalue weighted by Crippen LogP contribution is -2.03. The Bertz CT molecular complexity index is 1170. The third-order valence-corrected chi connectivity index (χ3v) is 6.41. The number of hydrogen-bond acceptors (Lipinski definition) is 7. The van der Waals surface area contributed by atoms with Crippen LogP contribution in [-0.4, -0.2) is 32.1 Å². The topological polar surface area (TPSA) is 131 Å².